The minimum absolute atomic E-state index is 0.160. The summed E-state index contributed by atoms with van der Waals surface area (Å²) >= 11 is 5.86. The number of anilines is 1. The molecule has 0 amide bonds. The zero-order valence-corrected chi connectivity index (χ0v) is 12.0. The summed E-state index contributed by atoms with van der Waals surface area (Å²) in [5.74, 6) is 0.357. The number of esters is 1. The summed E-state index contributed by atoms with van der Waals surface area (Å²) in [7, 11) is 0. The van der Waals surface area contributed by atoms with E-state index in [0.717, 1.165) is 17.7 Å². The van der Waals surface area contributed by atoms with Gasteiger partial charge in [0.25, 0.3) is 0 Å². The summed E-state index contributed by atoms with van der Waals surface area (Å²) in [6, 6.07) is 12.5. The molecule has 0 aliphatic carbocycles. The molecule has 21 heavy (non-hydrogen) atoms. The van der Waals surface area contributed by atoms with E-state index >= 15 is 0 Å². The van der Waals surface area contributed by atoms with Crippen molar-refractivity contribution in [3.63, 3.8) is 0 Å². The van der Waals surface area contributed by atoms with Crippen molar-refractivity contribution in [1.29, 1.82) is 0 Å². The van der Waals surface area contributed by atoms with Crippen molar-refractivity contribution in [1.82, 2.24) is 0 Å². The largest absolute Gasteiger partial charge is 0.486 e. The third-order valence-electron chi connectivity index (χ3n) is 3.35. The average molecular weight is 304 g/mol. The van der Waals surface area contributed by atoms with Crippen molar-refractivity contribution < 1.29 is 14.3 Å². The first kappa shape index (κ1) is 13.8. The predicted octanol–water partition coefficient (Wildman–Crippen LogP) is 3.08. The van der Waals surface area contributed by atoms with Crippen molar-refractivity contribution in [2.75, 3.05) is 12.3 Å². The number of hydrogen-bond donors (Lipinski definition) is 1. The first-order valence-corrected chi connectivity index (χ1v) is 6.98. The van der Waals surface area contributed by atoms with E-state index in [1.807, 2.05) is 24.3 Å². The summed E-state index contributed by atoms with van der Waals surface area (Å²) in [5.41, 5.74) is 7.50. The van der Waals surface area contributed by atoms with Crippen molar-refractivity contribution in [3.05, 3.63) is 58.6 Å². The van der Waals surface area contributed by atoms with Crippen molar-refractivity contribution in [2.24, 2.45) is 0 Å². The number of fused-ring (bicyclic) bond motifs is 1. The number of rotatable bonds is 3. The molecule has 2 N–H and O–H groups in total. The van der Waals surface area contributed by atoms with Crippen LogP contribution in [-0.4, -0.2) is 18.7 Å². The molecule has 0 aromatic heterocycles. The molecule has 2 aromatic rings. The fourth-order valence-corrected chi connectivity index (χ4v) is 2.47. The molecule has 1 aliphatic heterocycles. The predicted molar refractivity (Wildman–Crippen MR) is 80.7 cm³/mol. The Morgan fingerprint density at radius 1 is 1.33 bits per heavy atom. The molecule has 1 heterocycles. The van der Waals surface area contributed by atoms with E-state index in [4.69, 9.17) is 26.8 Å². The number of hydrogen-bond acceptors (Lipinski definition) is 4. The number of benzene rings is 2. The smallest absolute Gasteiger partial charge is 0.340 e. The van der Waals surface area contributed by atoms with E-state index in [0.29, 0.717) is 10.7 Å². The van der Waals surface area contributed by atoms with Gasteiger partial charge in [0.1, 0.15) is 18.5 Å². The van der Waals surface area contributed by atoms with Gasteiger partial charge in [-0.3, -0.25) is 0 Å². The molecule has 0 radical (unpaired) electrons. The van der Waals surface area contributed by atoms with Crippen LogP contribution in [0.3, 0.4) is 0 Å². The van der Waals surface area contributed by atoms with Gasteiger partial charge in [0.15, 0.2) is 0 Å². The Balaban J connectivity index is 1.61. The summed E-state index contributed by atoms with van der Waals surface area (Å²) in [6.07, 6.45) is 0.570. The van der Waals surface area contributed by atoms with Gasteiger partial charge in [-0.05, 0) is 29.8 Å². The van der Waals surface area contributed by atoms with Gasteiger partial charge >= 0.3 is 5.97 Å². The van der Waals surface area contributed by atoms with E-state index < -0.39 is 5.97 Å². The van der Waals surface area contributed by atoms with Gasteiger partial charge in [0.2, 0.25) is 0 Å². The molecule has 4 nitrogen and oxygen atoms in total. The zero-order chi connectivity index (χ0) is 14.8. The Morgan fingerprint density at radius 3 is 2.95 bits per heavy atom. The van der Waals surface area contributed by atoms with Gasteiger partial charge in [-0.25, -0.2) is 4.79 Å². The maximum atomic E-state index is 12.0. The van der Waals surface area contributed by atoms with E-state index in [2.05, 4.69) is 0 Å². The maximum absolute atomic E-state index is 12.0. The van der Waals surface area contributed by atoms with Crippen LogP contribution in [0, 0.1) is 0 Å². The van der Waals surface area contributed by atoms with Gasteiger partial charge < -0.3 is 15.2 Å². The Morgan fingerprint density at radius 2 is 2.14 bits per heavy atom. The monoisotopic (exact) mass is 303 g/mol. The molecule has 0 saturated carbocycles. The first-order chi connectivity index (χ1) is 10.1. The van der Waals surface area contributed by atoms with Gasteiger partial charge in [-0.2, -0.15) is 0 Å². The highest BCUT2D eigenvalue weighted by atomic mass is 35.5. The Kier molecular flexibility index (Phi) is 3.71. The quantitative estimate of drug-likeness (QED) is 0.699. The standard InChI is InChI=1S/C16H14ClNO3/c17-11-5-6-14(18)13(8-11)16(19)20-9-12-7-10-3-1-2-4-15(10)21-12/h1-6,8,12H,7,9,18H2. The number of ether oxygens (including phenoxy) is 2. The van der Waals surface area contributed by atoms with E-state index in [-0.39, 0.29) is 18.3 Å². The van der Waals surface area contributed by atoms with Gasteiger partial charge in [-0.1, -0.05) is 29.8 Å². The third-order valence-corrected chi connectivity index (χ3v) is 3.58. The second kappa shape index (κ2) is 5.66. The lowest BCUT2D eigenvalue weighted by Crippen LogP contribution is -2.23. The fourth-order valence-electron chi connectivity index (χ4n) is 2.30. The summed E-state index contributed by atoms with van der Waals surface area (Å²) in [5, 5.41) is 0.445. The normalized spacial score (nSPS) is 16.1. The molecule has 1 aliphatic rings. The second-order valence-corrected chi connectivity index (χ2v) is 5.32. The first-order valence-electron chi connectivity index (χ1n) is 6.60. The molecular weight excluding hydrogens is 290 g/mol. The lowest BCUT2D eigenvalue weighted by atomic mass is 10.1. The topological polar surface area (TPSA) is 61.6 Å². The van der Waals surface area contributed by atoms with E-state index in [1.54, 1.807) is 12.1 Å². The van der Waals surface area contributed by atoms with Crippen LogP contribution in [0.15, 0.2) is 42.5 Å². The molecule has 2 aromatic carbocycles. The van der Waals surface area contributed by atoms with Crippen molar-refractivity contribution in [2.45, 2.75) is 12.5 Å². The van der Waals surface area contributed by atoms with Crippen molar-refractivity contribution >= 4 is 23.3 Å². The zero-order valence-electron chi connectivity index (χ0n) is 11.2. The van der Waals surface area contributed by atoms with Crippen LogP contribution in [0.2, 0.25) is 5.02 Å². The summed E-state index contributed by atoms with van der Waals surface area (Å²) in [4.78, 5) is 12.0. The SMILES string of the molecule is Nc1ccc(Cl)cc1C(=O)OCC1Cc2ccccc2O1. The summed E-state index contributed by atoms with van der Waals surface area (Å²) < 4.78 is 11.0. The summed E-state index contributed by atoms with van der Waals surface area (Å²) in [6.45, 7) is 0.180. The third kappa shape index (κ3) is 2.95. The minimum Gasteiger partial charge on any atom is -0.486 e. The number of carbonyl (C=O) groups excluding carboxylic acids is 1. The van der Waals surface area contributed by atoms with Crippen molar-refractivity contribution in [3.8, 4) is 5.75 Å². The highest BCUT2D eigenvalue weighted by molar-refractivity contribution is 6.31. The Labute approximate surface area is 127 Å². The molecular formula is C16H14ClNO3. The molecule has 3 rings (SSSR count). The molecule has 108 valence electrons. The van der Waals surface area contributed by atoms with Crippen LogP contribution >= 0.6 is 11.6 Å². The Hall–Kier alpha value is -2.20. The van der Waals surface area contributed by atoms with Gasteiger partial charge in [-0.15, -0.1) is 0 Å². The number of halogens is 1. The molecule has 0 bridgehead atoms. The Bertz CT molecular complexity index is 662. The van der Waals surface area contributed by atoms with Crippen LogP contribution in [0.1, 0.15) is 15.9 Å². The maximum Gasteiger partial charge on any atom is 0.340 e. The number of carbonyl (C=O) groups is 1. The average Bonchev–Trinajstić information content (AvgIpc) is 2.90. The molecule has 1 unspecified atom stereocenters. The molecule has 0 saturated heterocycles. The molecule has 0 spiro atoms. The van der Waals surface area contributed by atoms with Crippen LogP contribution in [0.5, 0.6) is 5.75 Å². The van der Waals surface area contributed by atoms with E-state index in [1.165, 1.54) is 6.07 Å². The second-order valence-electron chi connectivity index (χ2n) is 4.88. The van der Waals surface area contributed by atoms with Crippen LogP contribution < -0.4 is 10.5 Å². The van der Waals surface area contributed by atoms with Crippen LogP contribution in [-0.2, 0) is 11.2 Å². The van der Waals surface area contributed by atoms with Gasteiger partial charge in [0.05, 0.1) is 5.56 Å². The number of nitrogens with two attached hydrogens (primary N) is 1. The highest BCUT2D eigenvalue weighted by Crippen LogP contribution is 2.28. The fraction of sp³-hybridized carbons (Fsp3) is 0.188. The number of nitrogen functional groups attached to an aromatic ring is 1. The van der Waals surface area contributed by atoms with E-state index in [9.17, 15) is 4.79 Å². The van der Waals surface area contributed by atoms with Gasteiger partial charge in [0, 0.05) is 17.1 Å². The van der Waals surface area contributed by atoms with Crippen LogP contribution in [0.4, 0.5) is 5.69 Å². The lowest BCUT2D eigenvalue weighted by molar-refractivity contribution is 0.0348. The lowest BCUT2D eigenvalue weighted by Gasteiger charge is -2.12. The van der Waals surface area contributed by atoms with Crippen LogP contribution in [0.25, 0.3) is 0 Å². The molecule has 1 atom stereocenters. The molecule has 0 fully saturated rings. The number of para-hydroxylation sites is 1. The molecule has 5 heteroatoms. The minimum atomic E-state index is -0.491. The highest BCUT2D eigenvalue weighted by Gasteiger charge is 2.24.